The van der Waals surface area contributed by atoms with Crippen molar-refractivity contribution in [3.05, 3.63) is 326 Å². The molecule has 478 valence electrons. The molecule has 2 aliphatic rings. The summed E-state index contributed by atoms with van der Waals surface area (Å²) in [5.41, 5.74) is 30.6. The number of hydrogen-bond donors (Lipinski definition) is 0. The standard InChI is InChI=1S/C96H62N4O2/c1-95(2)75-53-74-76(54-73(75)89-77(95)51-71(93-91(89)69-33-13-23-43-87(69)101-93)55-45-57(97-79-35-15-5-25-61(79)62-26-6-16-36-80(62)97)49-58(46-55)98-81-37-17-7-27-63(81)64-28-8-18-38-82(64)98)96(3,4)78-52-72(94-92(90(74)78)70-34-14-24-44-88(70)102-94)56-47-59(99-83-39-19-9-29-65(83)66-30-10-20-40-84(66)99)50-60(48-56)100-85-41-21-11-31-67(85)68-32-12-22-42-86(68)100/h5-54H,1-4H3. The maximum atomic E-state index is 7.43. The van der Waals surface area contributed by atoms with Gasteiger partial charge in [-0.15, -0.1) is 0 Å². The predicted octanol–water partition coefficient (Wildman–Crippen LogP) is 25.8. The summed E-state index contributed by atoms with van der Waals surface area (Å²) in [6.45, 7) is 9.80. The number of nitrogens with zero attached hydrogens (tertiary/aromatic N) is 4. The van der Waals surface area contributed by atoms with Crippen LogP contribution in [0.25, 0.3) is 198 Å². The Bertz CT molecular complexity index is 6420. The van der Waals surface area contributed by atoms with Crippen molar-refractivity contribution in [1.29, 1.82) is 0 Å². The van der Waals surface area contributed by atoms with Crippen molar-refractivity contribution >= 4 is 131 Å². The van der Waals surface area contributed by atoms with Gasteiger partial charge in [0.05, 0.1) is 44.1 Å². The highest BCUT2D eigenvalue weighted by molar-refractivity contribution is 6.22. The minimum atomic E-state index is -0.456. The van der Waals surface area contributed by atoms with Crippen molar-refractivity contribution in [2.45, 2.75) is 38.5 Å². The first-order valence-electron chi connectivity index (χ1n) is 35.5. The van der Waals surface area contributed by atoms with Crippen LogP contribution in [0.15, 0.2) is 312 Å². The monoisotopic (exact) mass is 1300 g/mol. The normalized spacial score (nSPS) is 13.8. The van der Waals surface area contributed by atoms with E-state index in [1.807, 2.05) is 0 Å². The second kappa shape index (κ2) is 19.9. The van der Waals surface area contributed by atoms with Gasteiger partial charge in [0.25, 0.3) is 0 Å². The molecular weight excluding hydrogens is 1240 g/mol. The van der Waals surface area contributed by atoms with Crippen LogP contribution in [0, 0.1) is 0 Å². The Hall–Kier alpha value is -12.9. The average Bonchev–Trinajstić information content (AvgIpc) is 1.51. The topological polar surface area (TPSA) is 46.0 Å². The zero-order valence-electron chi connectivity index (χ0n) is 56.5. The Morgan fingerprint density at radius 1 is 0.225 bits per heavy atom. The lowest BCUT2D eigenvalue weighted by Gasteiger charge is -2.24. The molecule has 0 atom stereocenters. The van der Waals surface area contributed by atoms with Crippen molar-refractivity contribution in [1.82, 2.24) is 18.3 Å². The highest BCUT2D eigenvalue weighted by atomic mass is 16.3. The largest absolute Gasteiger partial charge is 0.455 e. The van der Waals surface area contributed by atoms with Crippen LogP contribution in [-0.2, 0) is 10.8 Å². The Morgan fingerprint density at radius 2 is 0.451 bits per heavy atom. The van der Waals surface area contributed by atoms with Gasteiger partial charge in [0.2, 0.25) is 0 Å². The minimum Gasteiger partial charge on any atom is -0.455 e. The van der Waals surface area contributed by atoms with Crippen LogP contribution >= 0.6 is 0 Å². The molecule has 0 spiro atoms. The quantitative estimate of drug-likeness (QED) is 0.167. The van der Waals surface area contributed by atoms with Gasteiger partial charge >= 0.3 is 0 Å². The summed E-state index contributed by atoms with van der Waals surface area (Å²) < 4.78 is 24.7. The van der Waals surface area contributed by atoms with E-state index in [0.717, 1.165) is 133 Å². The lowest BCUT2D eigenvalue weighted by molar-refractivity contribution is 0.650. The first-order chi connectivity index (χ1) is 50.1. The van der Waals surface area contributed by atoms with Crippen LogP contribution in [-0.4, -0.2) is 18.3 Å². The maximum absolute atomic E-state index is 7.43. The Kier molecular flexibility index (Phi) is 11.0. The van der Waals surface area contributed by atoms with Gasteiger partial charge < -0.3 is 27.1 Å². The molecule has 15 aromatic carbocycles. The maximum Gasteiger partial charge on any atom is 0.143 e. The highest BCUT2D eigenvalue weighted by Gasteiger charge is 2.45. The molecule has 2 aliphatic carbocycles. The SMILES string of the molecule is CC1(C)c2cc3c(cc2-c2c1cc(-c1cc(-n4c5ccccc5c5ccccc54)cc(-n4c5ccccc5c5ccccc54)c1)c1oc4ccccc4c21)C(C)(C)c1cc(-c2cc(-n4c5ccccc5c5ccccc54)cc(-n4c5ccccc5c5ccccc54)c2)c2oc4ccccc4c2c1-3. The van der Waals surface area contributed by atoms with Gasteiger partial charge in [-0.2, -0.15) is 0 Å². The number of para-hydroxylation sites is 10. The predicted molar refractivity (Wildman–Crippen MR) is 424 cm³/mol. The second-order valence-electron chi connectivity index (χ2n) is 29.4. The number of aromatic nitrogens is 4. The van der Waals surface area contributed by atoms with Crippen LogP contribution in [0.1, 0.15) is 49.9 Å². The zero-order valence-corrected chi connectivity index (χ0v) is 56.5. The number of benzene rings is 15. The van der Waals surface area contributed by atoms with Crippen LogP contribution in [0.4, 0.5) is 0 Å². The molecule has 0 aliphatic heterocycles. The highest BCUT2D eigenvalue weighted by Crippen LogP contribution is 2.62. The molecule has 102 heavy (non-hydrogen) atoms. The lowest BCUT2D eigenvalue weighted by Crippen LogP contribution is -2.17. The molecule has 21 aromatic rings. The summed E-state index contributed by atoms with van der Waals surface area (Å²) in [5.74, 6) is 0. The molecule has 6 nitrogen and oxygen atoms in total. The third-order valence-electron chi connectivity index (χ3n) is 23.5. The van der Waals surface area contributed by atoms with E-state index >= 15 is 0 Å². The van der Waals surface area contributed by atoms with Gasteiger partial charge in [0.1, 0.15) is 22.3 Å². The molecule has 6 aromatic heterocycles. The minimum absolute atomic E-state index is 0.456. The fraction of sp³-hybridized carbons (Fsp3) is 0.0625. The fourth-order valence-electron chi connectivity index (χ4n) is 18.9. The molecular formula is C96H62N4O2. The van der Waals surface area contributed by atoms with Crippen molar-refractivity contribution in [2.75, 3.05) is 0 Å². The summed E-state index contributed by atoms with van der Waals surface area (Å²) in [5, 5.41) is 14.3. The number of hydrogen-bond acceptors (Lipinski definition) is 2. The van der Waals surface area contributed by atoms with Gasteiger partial charge in [0.15, 0.2) is 0 Å². The first kappa shape index (κ1) is 56.0. The molecule has 6 heterocycles. The van der Waals surface area contributed by atoms with Crippen LogP contribution in [0.5, 0.6) is 0 Å². The Morgan fingerprint density at radius 3 is 0.716 bits per heavy atom. The number of fused-ring (bicyclic) bond motifs is 26. The summed E-state index contributed by atoms with van der Waals surface area (Å²) in [6, 6.07) is 113. The van der Waals surface area contributed by atoms with E-state index in [1.165, 1.54) is 87.6 Å². The second-order valence-corrected chi connectivity index (χ2v) is 29.4. The summed E-state index contributed by atoms with van der Waals surface area (Å²) in [4.78, 5) is 0. The molecule has 0 saturated heterocycles. The molecule has 0 fully saturated rings. The molecule has 23 rings (SSSR count). The fourth-order valence-corrected chi connectivity index (χ4v) is 18.9. The smallest absolute Gasteiger partial charge is 0.143 e. The molecule has 0 radical (unpaired) electrons. The lowest BCUT2D eigenvalue weighted by atomic mass is 9.78. The molecule has 0 bridgehead atoms. The molecule has 0 saturated carbocycles. The van der Waals surface area contributed by atoms with E-state index < -0.39 is 10.8 Å². The van der Waals surface area contributed by atoms with E-state index in [0.29, 0.717) is 0 Å². The van der Waals surface area contributed by atoms with Gasteiger partial charge in [-0.05, 0) is 177 Å². The third kappa shape index (κ3) is 7.32. The molecule has 6 heteroatoms. The van der Waals surface area contributed by atoms with E-state index in [4.69, 9.17) is 8.83 Å². The summed E-state index contributed by atoms with van der Waals surface area (Å²) >= 11 is 0. The van der Waals surface area contributed by atoms with Crippen LogP contribution in [0.3, 0.4) is 0 Å². The van der Waals surface area contributed by atoms with Crippen molar-refractivity contribution in [3.63, 3.8) is 0 Å². The van der Waals surface area contributed by atoms with E-state index in [-0.39, 0.29) is 0 Å². The zero-order chi connectivity index (χ0) is 67.2. The van der Waals surface area contributed by atoms with E-state index in [9.17, 15) is 0 Å². The van der Waals surface area contributed by atoms with Gasteiger partial charge in [-0.1, -0.05) is 210 Å². The van der Waals surface area contributed by atoms with Crippen LogP contribution in [0.2, 0.25) is 0 Å². The van der Waals surface area contributed by atoms with Gasteiger partial charge in [-0.25, -0.2) is 0 Å². The van der Waals surface area contributed by atoms with Gasteiger partial charge in [0, 0.05) is 109 Å². The van der Waals surface area contributed by atoms with Crippen LogP contribution < -0.4 is 0 Å². The van der Waals surface area contributed by atoms with Crippen molar-refractivity contribution in [3.8, 4) is 67.3 Å². The molecule has 0 N–H and O–H groups in total. The Labute approximate surface area is 586 Å². The molecule has 0 unspecified atom stereocenters. The number of furan rings is 2. The van der Waals surface area contributed by atoms with E-state index in [1.54, 1.807) is 0 Å². The van der Waals surface area contributed by atoms with Crippen molar-refractivity contribution < 1.29 is 8.83 Å². The van der Waals surface area contributed by atoms with Gasteiger partial charge in [-0.3, -0.25) is 0 Å². The molecule has 0 amide bonds. The third-order valence-corrected chi connectivity index (χ3v) is 23.5. The van der Waals surface area contributed by atoms with Crippen molar-refractivity contribution in [2.24, 2.45) is 0 Å². The first-order valence-corrected chi connectivity index (χ1v) is 35.5. The summed E-state index contributed by atoms with van der Waals surface area (Å²) in [6.07, 6.45) is 0. The average molecular weight is 1300 g/mol. The van der Waals surface area contributed by atoms with E-state index in [2.05, 4.69) is 349 Å². The number of rotatable bonds is 6. The Balaban J connectivity index is 0.763. The summed E-state index contributed by atoms with van der Waals surface area (Å²) in [7, 11) is 0.